The maximum atomic E-state index is 13.5. The number of esters is 1. The summed E-state index contributed by atoms with van der Waals surface area (Å²) in [7, 11) is -2.55. The number of benzene rings is 1. The highest BCUT2D eigenvalue weighted by Crippen LogP contribution is 2.30. The smallest absolute Gasteiger partial charge is 0.310 e. The Bertz CT molecular complexity index is 664. The third-order valence-corrected chi connectivity index (χ3v) is 6.08. The molecule has 1 aliphatic heterocycles. The van der Waals surface area contributed by atoms with E-state index in [1.165, 1.54) is 23.5 Å². The van der Waals surface area contributed by atoms with Crippen LogP contribution in [0.4, 0.5) is 4.39 Å². The normalized spacial score (nSPS) is 23.2. The third kappa shape index (κ3) is 3.12. The summed E-state index contributed by atoms with van der Waals surface area (Å²) < 4.78 is 44.6. The molecule has 0 amide bonds. The molecule has 1 aliphatic rings. The van der Waals surface area contributed by atoms with Gasteiger partial charge < -0.3 is 4.74 Å². The second-order valence-corrected chi connectivity index (χ2v) is 7.80. The van der Waals surface area contributed by atoms with Gasteiger partial charge in [0, 0.05) is 13.1 Å². The van der Waals surface area contributed by atoms with Crippen molar-refractivity contribution in [2.75, 3.05) is 20.2 Å². The summed E-state index contributed by atoms with van der Waals surface area (Å²) in [6.07, 6.45) is 0. The van der Waals surface area contributed by atoms with Crippen molar-refractivity contribution in [3.63, 3.8) is 0 Å². The molecule has 0 spiro atoms. The standard InChI is InChI=1S/C13H15BrFNO4S/c1-8-6-16(7-10(8)13(17)20-2)21(18,19)9-3-4-11(14)12(15)5-9/h3-5,8,10H,6-7H2,1-2H3. The SMILES string of the molecule is COC(=O)C1CN(S(=O)(=O)c2ccc(Br)c(F)c2)CC1C. The molecule has 1 heterocycles. The summed E-state index contributed by atoms with van der Waals surface area (Å²) in [5, 5.41) is 0. The van der Waals surface area contributed by atoms with Gasteiger partial charge in [-0.3, -0.25) is 4.79 Å². The molecule has 1 saturated heterocycles. The van der Waals surface area contributed by atoms with Crippen LogP contribution >= 0.6 is 15.9 Å². The van der Waals surface area contributed by atoms with Crippen LogP contribution in [0.2, 0.25) is 0 Å². The van der Waals surface area contributed by atoms with Gasteiger partial charge in [0.05, 0.1) is 22.4 Å². The zero-order valence-electron chi connectivity index (χ0n) is 11.5. The van der Waals surface area contributed by atoms with Crippen molar-refractivity contribution in [2.24, 2.45) is 11.8 Å². The van der Waals surface area contributed by atoms with Gasteiger partial charge in [0.25, 0.3) is 0 Å². The molecule has 1 aromatic rings. The predicted octanol–water partition coefficient (Wildman–Crippen LogP) is 2.02. The molecule has 0 bridgehead atoms. The van der Waals surface area contributed by atoms with Crippen LogP contribution in [-0.2, 0) is 19.6 Å². The molecule has 0 aliphatic carbocycles. The molecule has 0 saturated carbocycles. The number of carbonyl (C=O) groups is 1. The second-order valence-electron chi connectivity index (χ2n) is 5.00. The molecule has 5 nitrogen and oxygen atoms in total. The van der Waals surface area contributed by atoms with E-state index in [0.29, 0.717) is 0 Å². The molecule has 2 atom stereocenters. The van der Waals surface area contributed by atoms with E-state index < -0.39 is 27.7 Å². The maximum absolute atomic E-state index is 13.5. The molecule has 21 heavy (non-hydrogen) atoms. The van der Waals surface area contributed by atoms with Gasteiger partial charge in [0.2, 0.25) is 10.0 Å². The van der Waals surface area contributed by atoms with Gasteiger partial charge in [-0.15, -0.1) is 0 Å². The summed E-state index contributed by atoms with van der Waals surface area (Å²) in [6.45, 7) is 2.05. The van der Waals surface area contributed by atoms with E-state index in [2.05, 4.69) is 20.7 Å². The molecule has 0 N–H and O–H groups in total. The fourth-order valence-corrected chi connectivity index (χ4v) is 4.19. The van der Waals surface area contributed by atoms with Crippen molar-refractivity contribution in [3.05, 3.63) is 28.5 Å². The average molecular weight is 380 g/mol. The Morgan fingerprint density at radius 1 is 1.43 bits per heavy atom. The monoisotopic (exact) mass is 379 g/mol. The highest BCUT2D eigenvalue weighted by molar-refractivity contribution is 9.10. The molecule has 0 aromatic heterocycles. The molecule has 2 unspecified atom stereocenters. The zero-order chi connectivity index (χ0) is 15.8. The first-order valence-electron chi connectivity index (χ1n) is 6.30. The Morgan fingerprint density at radius 3 is 2.67 bits per heavy atom. The lowest BCUT2D eigenvalue weighted by atomic mass is 9.99. The van der Waals surface area contributed by atoms with Crippen molar-refractivity contribution in [1.29, 1.82) is 0 Å². The van der Waals surface area contributed by atoms with Crippen molar-refractivity contribution in [1.82, 2.24) is 4.31 Å². The molecule has 8 heteroatoms. The van der Waals surface area contributed by atoms with Crippen molar-refractivity contribution < 1.29 is 22.3 Å². The highest BCUT2D eigenvalue weighted by Gasteiger charge is 2.41. The third-order valence-electron chi connectivity index (χ3n) is 3.61. The second kappa shape index (κ2) is 6.02. The Labute approximate surface area is 131 Å². The van der Waals surface area contributed by atoms with Crippen LogP contribution in [0.3, 0.4) is 0 Å². The number of carbonyl (C=O) groups excluding carboxylic acids is 1. The summed E-state index contributed by atoms with van der Waals surface area (Å²) in [5.74, 6) is -1.72. The molecule has 1 aromatic carbocycles. The average Bonchev–Trinajstić information content (AvgIpc) is 2.83. The van der Waals surface area contributed by atoms with Crippen LogP contribution in [0.5, 0.6) is 0 Å². The molecular formula is C13H15BrFNO4S. The fourth-order valence-electron chi connectivity index (χ4n) is 2.36. The van der Waals surface area contributed by atoms with E-state index in [1.54, 1.807) is 6.92 Å². The Kier molecular flexibility index (Phi) is 4.69. The number of sulfonamides is 1. The summed E-state index contributed by atoms with van der Waals surface area (Å²) in [6, 6.07) is 3.65. The number of methoxy groups -OCH3 is 1. The lowest BCUT2D eigenvalue weighted by Gasteiger charge is -2.16. The Hall–Kier alpha value is -0.990. The first-order valence-corrected chi connectivity index (χ1v) is 8.53. The van der Waals surface area contributed by atoms with E-state index >= 15 is 0 Å². The van der Waals surface area contributed by atoms with Gasteiger partial charge in [0.1, 0.15) is 5.82 Å². The van der Waals surface area contributed by atoms with Gasteiger partial charge >= 0.3 is 5.97 Å². The van der Waals surface area contributed by atoms with E-state index in [9.17, 15) is 17.6 Å². The van der Waals surface area contributed by atoms with Gasteiger partial charge in [-0.05, 0) is 40.0 Å². The van der Waals surface area contributed by atoms with Crippen LogP contribution in [-0.4, -0.2) is 38.9 Å². The lowest BCUT2D eigenvalue weighted by molar-refractivity contribution is -0.145. The van der Waals surface area contributed by atoms with E-state index in [0.717, 1.165) is 6.07 Å². The lowest BCUT2D eigenvalue weighted by Crippen LogP contribution is -2.30. The van der Waals surface area contributed by atoms with Gasteiger partial charge in [0.15, 0.2) is 0 Å². The number of hydrogen-bond acceptors (Lipinski definition) is 4. The molecule has 1 fully saturated rings. The van der Waals surface area contributed by atoms with E-state index in [1.807, 2.05) is 0 Å². The Balaban J connectivity index is 2.29. The summed E-state index contributed by atoms with van der Waals surface area (Å²) >= 11 is 2.98. The largest absolute Gasteiger partial charge is 0.469 e. The highest BCUT2D eigenvalue weighted by atomic mass is 79.9. The van der Waals surface area contributed by atoms with Crippen LogP contribution in [0, 0.1) is 17.7 Å². The van der Waals surface area contributed by atoms with Crippen molar-refractivity contribution in [2.45, 2.75) is 11.8 Å². The molecule has 116 valence electrons. The van der Waals surface area contributed by atoms with Gasteiger partial charge in [-0.25, -0.2) is 12.8 Å². The topological polar surface area (TPSA) is 63.7 Å². The summed E-state index contributed by atoms with van der Waals surface area (Å²) in [4.78, 5) is 11.5. The number of ether oxygens (including phenoxy) is 1. The van der Waals surface area contributed by atoms with E-state index in [4.69, 9.17) is 0 Å². The minimum Gasteiger partial charge on any atom is -0.469 e. The zero-order valence-corrected chi connectivity index (χ0v) is 13.9. The number of nitrogens with zero attached hydrogens (tertiary/aromatic N) is 1. The summed E-state index contributed by atoms with van der Waals surface area (Å²) in [5.41, 5.74) is 0. The van der Waals surface area contributed by atoms with Crippen LogP contribution < -0.4 is 0 Å². The Morgan fingerprint density at radius 2 is 2.10 bits per heavy atom. The first kappa shape index (κ1) is 16.4. The first-order chi connectivity index (χ1) is 9.77. The number of halogens is 2. The van der Waals surface area contributed by atoms with Gasteiger partial charge in [-0.1, -0.05) is 6.92 Å². The van der Waals surface area contributed by atoms with Crippen molar-refractivity contribution in [3.8, 4) is 0 Å². The van der Waals surface area contributed by atoms with Crippen LogP contribution in [0.15, 0.2) is 27.6 Å². The minimum absolute atomic E-state index is 0.0495. The van der Waals surface area contributed by atoms with Crippen molar-refractivity contribution >= 4 is 31.9 Å². The van der Waals surface area contributed by atoms with Crippen LogP contribution in [0.1, 0.15) is 6.92 Å². The molecular weight excluding hydrogens is 365 g/mol. The number of hydrogen-bond donors (Lipinski definition) is 0. The molecule has 2 rings (SSSR count). The molecule has 0 radical (unpaired) electrons. The maximum Gasteiger partial charge on any atom is 0.310 e. The minimum atomic E-state index is -3.82. The fraction of sp³-hybridized carbons (Fsp3) is 0.462. The van der Waals surface area contributed by atoms with Crippen LogP contribution in [0.25, 0.3) is 0 Å². The predicted molar refractivity (Wildman–Crippen MR) is 77.5 cm³/mol. The van der Waals surface area contributed by atoms with Gasteiger partial charge in [-0.2, -0.15) is 4.31 Å². The quantitative estimate of drug-likeness (QED) is 0.753. The van der Waals surface area contributed by atoms with E-state index in [-0.39, 0.29) is 28.4 Å². The number of rotatable bonds is 3.